The van der Waals surface area contributed by atoms with Crippen LogP contribution >= 0.6 is 11.6 Å². The van der Waals surface area contributed by atoms with Gasteiger partial charge in [0.2, 0.25) is 0 Å². The van der Waals surface area contributed by atoms with E-state index in [9.17, 15) is 4.79 Å². The molecule has 0 radical (unpaired) electrons. The van der Waals surface area contributed by atoms with E-state index in [4.69, 9.17) is 21.1 Å². The molecule has 0 aliphatic heterocycles. The molecule has 1 fully saturated rings. The van der Waals surface area contributed by atoms with Crippen molar-refractivity contribution in [1.82, 2.24) is 10.2 Å². The third kappa shape index (κ3) is 11.0. The van der Waals surface area contributed by atoms with E-state index in [1.165, 1.54) is 51.5 Å². The van der Waals surface area contributed by atoms with Crippen molar-refractivity contribution >= 4 is 17.7 Å². The fourth-order valence-corrected chi connectivity index (χ4v) is 4.31. The van der Waals surface area contributed by atoms with E-state index >= 15 is 0 Å². The largest absolute Gasteiger partial charge is 0.415 e. The van der Waals surface area contributed by atoms with Crippen LogP contribution in [-0.4, -0.2) is 49.9 Å². The highest BCUT2D eigenvalue weighted by molar-refractivity contribution is 6.30. The molecule has 182 valence electrons. The summed E-state index contributed by atoms with van der Waals surface area (Å²) in [5, 5.41) is 4.18. The molecule has 2 rings (SSSR count). The summed E-state index contributed by atoms with van der Waals surface area (Å²) in [7, 11) is 1.82. The van der Waals surface area contributed by atoms with Gasteiger partial charge in [-0.25, -0.2) is 4.79 Å². The van der Waals surface area contributed by atoms with E-state index in [1.54, 1.807) is 29.2 Å². The Hall–Kier alpha value is -1.30. The number of ether oxygens (including phenoxy) is 2. The van der Waals surface area contributed by atoms with Gasteiger partial charge < -0.3 is 19.7 Å². The van der Waals surface area contributed by atoms with Gasteiger partial charge in [-0.1, -0.05) is 50.6 Å². The topological polar surface area (TPSA) is 50.8 Å². The Bertz CT molecular complexity index is 618. The van der Waals surface area contributed by atoms with E-state index in [1.807, 2.05) is 7.05 Å². The van der Waals surface area contributed by atoms with Crippen LogP contribution in [0.25, 0.3) is 0 Å². The summed E-state index contributed by atoms with van der Waals surface area (Å²) < 4.78 is 11.6. The average Bonchev–Trinajstić information content (AvgIpc) is 2.81. The third-order valence-corrected chi connectivity index (χ3v) is 6.56. The zero-order valence-electron chi connectivity index (χ0n) is 20.1. The lowest BCUT2D eigenvalue weighted by Crippen LogP contribution is -2.42. The highest BCUT2D eigenvalue weighted by atomic mass is 35.5. The van der Waals surface area contributed by atoms with Crippen molar-refractivity contribution in [3.63, 3.8) is 0 Å². The minimum Gasteiger partial charge on any atom is -0.410 e. The van der Waals surface area contributed by atoms with Gasteiger partial charge in [0.25, 0.3) is 0 Å². The summed E-state index contributed by atoms with van der Waals surface area (Å²) in [5.41, 5.74) is 0. The fourth-order valence-electron chi connectivity index (χ4n) is 4.18. The third-order valence-electron chi connectivity index (χ3n) is 6.31. The van der Waals surface area contributed by atoms with E-state index in [0.29, 0.717) is 16.9 Å². The molecule has 32 heavy (non-hydrogen) atoms. The summed E-state index contributed by atoms with van der Waals surface area (Å²) in [6.07, 6.45) is 14.2. The van der Waals surface area contributed by atoms with Gasteiger partial charge in [0.1, 0.15) is 5.75 Å². The lowest BCUT2D eigenvalue weighted by molar-refractivity contribution is 0.0105. The molecule has 1 saturated carbocycles. The first-order chi connectivity index (χ1) is 15.6. The number of benzene rings is 1. The minimum absolute atomic E-state index is 0.212. The molecule has 1 aromatic carbocycles. The first-order valence-electron chi connectivity index (χ1n) is 12.6. The van der Waals surface area contributed by atoms with Crippen molar-refractivity contribution in [3.05, 3.63) is 29.3 Å². The summed E-state index contributed by atoms with van der Waals surface area (Å²) in [5.74, 6) is 0.519. The van der Waals surface area contributed by atoms with Crippen LogP contribution in [0.2, 0.25) is 5.02 Å². The van der Waals surface area contributed by atoms with Gasteiger partial charge in [0.05, 0.1) is 6.10 Å². The van der Waals surface area contributed by atoms with Gasteiger partial charge in [-0.2, -0.15) is 0 Å². The maximum absolute atomic E-state index is 12.4. The number of rotatable bonds is 15. The Labute approximate surface area is 200 Å². The van der Waals surface area contributed by atoms with E-state index in [2.05, 4.69) is 12.2 Å². The SMILES string of the molecule is CCCCCCNCCCCCCO[C@H]1CC[C@H](N(C)C(=O)Oc2ccc(Cl)cc2)CC1. The molecular formula is C26H43ClN2O3. The van der Waals surface area contributed by atoms with Gasteiger partial charge in [-0.05, 0) is 82.3 Å². The van der Waals surface area contributed by atoms with Gasteiger partial charge in [0.15, 0.2) is 0 Å². The molecule has 0 saturated heterocycles. The lowest BCUT2D eigenvalue weighted by atomic mass is 9.92. The fraction of sp³-hybridized carbons (Fsp3) is 0.731. The number of amides is 1. The van der Waals surface area contributed by atoms with Crippen molar-refractivity contribution in [3.8, 4) is 5.75 Å². The number of hydrogen-bond donors (Lipinski definition) is 1. The number of carbonyl (C=O) groups is 1. The highest BCUT2D eigenvalue weighted by Crippen LogP contribution is 2.26. The molecule has 6 heteroatoms. The first-order valence-corrected chi connectivity index (χ1v) is 13.0. The number of halogens is 1. The summed E-state index contributed by atoms with van der Waals surface area (Å²) in [6.45, 7) is 5.42. The average molecular weight is 467 g/mol. The summed E-state index contributed by atoms with van der Waals surface area (Å²) in [6, 6.07) is 7.08. The van der Waals surface area contributed by atoms with Crippen LogP contribution < -0.4 is 10.1 Å². The van der Waals surface area contributed by atoms with Crippen LogP contribution in [0, 0.1) is 0 Å². The summed E-state index contributed by atoms with van der Waals surface area (Å²) >= 11 is 5.88. The zero-order valence-corrected chi connectivity index (χ0v) is 20.9. The van der Waals surface area contributed by atoms with E-state index < -0.39 is 0 Å². The predicted octanol–water partition coefficient (Wildman–Crippen LogP) is 6.83. The second kappa shape index (κ2) is 16.3. The van der Waals surface area contributed by atoms with Crippen molar-refractivity contribution in [1.29, 1.82) is 0 Å². The Kier molecular flexibility index (Phi) is 13.8. The van der Waals surface area contributed by atoms with Gasteiger partial charge in [0, 0.05) is 24.7 Å². The van der Waals surface area contributed by atoms with Crippen LogP contribution in [-0.2, 0) is 4.74 Å². The van der Waals surface area contributed by atoms with Crippen molar-refractivity contribution in [2.75, 3.05) is 26.7 Å². The molecule has 1 aromatic rings. The van der Waals surface area contributed by atoms with Crippen LogP contribution in [0.4, 0.5) is 4.79 Å². The Morgan fingerprint density at radius 2 is 1.59 bits per heavy atom. The number of nitrogens with zero attached hydrogens (tertiary/aromatic N) is 1. The maximum atomic E-state index is 12.4. The van der Waals surface area contributed by atoms with Crippen LogP contribution in [0.15, 0.2) is 24.3 Å². The van der Waals surface area contributed by atoms with Crippen molar-refractivity contribution < 1.29 is 14.3 Å². The highest BCUT2D eigenvalue weighted by Gasteiger charge is 2.27. The number of unbranched alkanes of at least 4 members (excludes halogenated alkanes) is 6. The van der Waals surface area contributed by atoms with Gasteiger partial charge in [-0.3, -0.25) is 0 Å². The second-order valence-electron chi connectivity index (χ2n) is 8.96. The van der Waals surface area contributed by atoms with Gasteiger partial charge in [-0.15, -0.1) is 0 Å². The smallest absolute Gasteiger partial charge is 0.410 e. The van der Waals surface area contributed by atoms with Crippen LogP contribution in [0.5, 0.6) is 5.75 Å². The van der Waals surface area contributed by atoms with Gasteiger partial charge >= 0.3 is 6.09 Å². The molecule has 0 heterocycles. The van der Waals surface area contributed by atoms with E-state index in [0.717, 1.165) is 45.3 Å². The molecule has 0 aromatic heterocycles. The van der Waals surface area contributed by atoms with E-state index in [-0.39, 0.29) is 12.1 Å². The normalized spacial score (nSPS) is 18.5. The molecule has 0 unspecified atom stereocenters. The number of carbonyl (C=O) groups excluding carboxylic acids is 1. The molecule has 5 nitrogen and oxygen atoms in total. The summed E-state index contributed by atoms with van der Waals surface area (Å²) in [4.78, 5) is 14.1. The Morgan fingerprint density at radius 3 is 2.25 bits per heavy atom. The predicted molar refractivity (Wildman–Crippen MR) is 133 cm³/mol. The van der Waals surface area contributed by atoms with Crippen LogP contribution in [0.1, 0.15) is 84.0 Å². The molecule has 0 bridgehead atoms. The Balaban J connectivity index is 1.46. The van der Waals surface area contributed by atoms with Crippen LogP contribution in [0.3, 0.4) is 0 Å². The number of nitrogens with one attached hydrogen (secondary N) is 1. The zero-order chi connectivity index (χ0) is 23.0. The van der Waals surface area contributed by atoms with Crippen molar-refractivity contribution in [2.45, 2.75) is 96.1 Å². The standard InChI is InChI=1S/C26H43ClN2O3/c1-3-4-5-8-19-28-20-9-6-7-10-21-31-24-17-13-23(14-18-24)29(2)26(30)32-25-15-11-22(27)12-16-25/h11-12,15-16,23-24,28H,3-10,13-14,17-21H2,1-2H3/t23-,24-. The molecular weight excluding hydrogens is 424 g/mol. The Morgan fingerprint density at radius 1 is 0.969 bits per heavy atom. The molecule has 1 N–H and O–H groups in total. The molecule has 1 aliphatic rings. The molecule has 1 amide bonds. The molecule has 1 aliphatic carbocycles. The van der Waals surface area contributed by atoms with Crippen molar-refractivity contribution in [2.24, 2.45) is 0 Å². The molecule has 0 atom stereocenters. The monoisotopic (exact) mass is 466 g/mol. The second-order valence-corrected chi connectivity index (χ2v) is 9.40. The minimum atomic E-state index is -0.313. The first kappa shape index (κ1) is 26.9. The lowest BCUT2D eigenvalue weighted by Gasteiger charge is -2.34. The maximum Gasteiger partial charge on any atom is 0.415 e. The number of hydrogen-bond acceptors (Lipinski definition) is 4. The quantitative estimate of drug-likeness (QED) is 0.288. The molecule has 0 spiro atoms.